The van der Waals surface area contributed by atoms with Gasteiger partial charge in [0.15, 0.2) is 0 Å². The number of ether oxygens (including phenoxy) is 1. The number of nitrogens with zero attached hydrogens (tertiary/aromatic N) is 2. The van der Waals surface area contributed by atoms with Crippen LogP contribution < -0.4 is 10.1 Å². The van der Waals surface area contributed by atoms with Gasteiger partial charge >= 0.3 is 0 Å². The molecule has 3 aromatic rings. The van der Waals surface area contributed by atoms with Gasteiger partial charge in [-0.25, -0.2) is 4.98 Å². The van der Waals surface area contributed by atoms with Gasteiger partial charge in [-0.1, -0.05) is 30.3 Å². The number of aromatic nitrogens is 2. The van der Waals surface area contributed by atoms with Crippen LogP contribution in [0.1, 0.15) is 29.1 Å². The molecule has 5 nitrogen and oxygen atoms in total. The van der Waals surface area contributed by atoms with Gasteiger partial charge in [0, 0.05) is 6.54 Å². The molecule has 0 aliphatic rings. The van der Waals surface area contributed by atoms with Crippen molar-refractivity contribution in [2.75, 3.05) is 7.11 Å². The zero-order valence-corrected chi connectivity index (χ0v) is 14.4. The van der Waals surface area contributed by atoms with Gasteiger partial charge in [-0.3, -0.25) is 4.79 Å². The van der Waals surface area contributed by atoms with E-state index in [1.807, 2.05) is 49.4 Å². The zero-order valence-electron chi connectivity index (χ0n) is 14.4. The third-order valence-electron chi connectivity index (χ3n) is 4.08. The summed E-state index contributed by atoms with van der Waals surface area (Å²) >= 11 is 0. The van der Waals surface area contributed by atoms with Crippen LogP contribution in [-0.2, 0) is 6.54 Å². The van der Waals surface area contributed by atoms with E-state index in [1.54, 1.807) is 19.2 Å². The van der Waals surface area contributed by atoms with E-state index in [4.69, 9.17) is 4.74 Å². The van der Waals surface area contributed by atoms with Gasteiger partial charge in [-0.15, -0.1) is 6.58 Å². The summed E-state index contributed by atoms with van der Waals surface area (Å²) in [5.41, 5.74) is 2.43. The number of benzene rings is 2. The highest BCUT2D eigenvalue weighted by molar-refractivity contribution is 5.97. The number of amides is 1. The lowest BCUT2D eigenvalue weighted by atomic mass is 10.1. The van der Waals surface area contributed by atoms with Crippen molar-refractivity contribution in [2.45, 2.75) is 19.5 Å². The van der Waals surface area contributed by atoms with Crippen LogP contribution >= 0.6 is 0 Å². The van der Waals surface area contributed by atoms with E-state index in [2.05, 4.69) is 21.4 Å². The average molecular weight is 335 g/mol. The van der Waals surface area contributed by atoms with Crippen molar-refractivity contribution in [3.63, 3.8) is 0 Å². The van der Waals surface area contributed by atoms with Crippen LogP contribution in [-0.4, -0.2) is 22.6 Å². The molecular weight excluding hydrogens is 314 g/mol. The number of para-hydroxylation sites is 3. The average Bonchev–Trinajstić information content (AvgIpc) is 3.01. The molecule has 0 aliphatic carbocycles. The summed E-state index contributed by atoms with van der Waals surface area (Å²) in [4.78, 5) is 17.3. The van der Waals surface area contributed by atoms with Crippen molar-refractivity contribution in [3.8, 4) is 5.75 Å². The molecule has 5 heteroatoms. The smallest absolute Gasteiger partial charge is 0.255 e. The van der Waals surface area contributed by atoms with E-state index >= 15 is 0 Å². The van der Waals surface area contributed by atoms with Crippen LogP contribution in [0.15, 0.2) is 61.2 Å². The van der Waals surface area contributed by atoms with Gasteiger partial charge in [-0.05, 0) is 31.2 Å². The summed E-state index contributed by atoms with van der Waals surface area (Å²) in [5.74, 6) is 1.15. The molecule has 128 valence electrons. The summed E-state index contributed by atoms with van der Waals surface area (Å²) in [6, 6.07) is 14.8. The summed E-state index contributed by atoms with van der Waals surface area (Å²) in [5, 5.41) is 3.01. The number of fused-ring (bicyclic) bond motifs is 1. The van der Waals surface area contributed by atoms with Gasteiger partial charge in [0.05, 0.1) is 29.7 Å². The molecule has 1 heterocycles. The number of nitrogens with one attached hydrogen (secondary N) is 1. The molecule has 0 radical (unpaired) electrons. The fraction of sp³-hybridized carbons (Fsp3) is 0.200. The fourth-order valence-corrected chi connectivity index (χ4v) is 2.92. The number of methoxy groups -OCH3 is 1. The molecule has 3 rings (SSSR count). The minimum atomic E-state index is -0.259. The highest BCUT2D eigenvalue weighted by atomic mass is 16.5. The minimum Gasteiger partial charge on any atom is -0.496 e. The van der Waals surface area contributed by atoms with Crippen molar-refractivity contribution in [1.82, 2.24) is 14.9 Å². The molecule has 1 atom stereocenters. The Bertz CT molecular complexity index is 914. The highest BCUT2D eigenvalue weighted by Crippen LogP contribution is 2.22. The van der Waals surface area contributed by atoms with Gasteiger partial charge < -0.3 is 14.6 Å². The summed E-state index contributed by atoms with van der Waals surface area (Å²) < 4.78 is 7.33. The lowest BCUT2D eigenvalue weighted by Gasteiger charge is -2.16. The minimum absolute atomic E-state index is 0.192. The second kappa shape index (κ2) is 7.21. The first kappa shape index (κ1) is 16.8. The van der Waals surface area contributed by atoms with Crippen LogP contribution in [0.3, 0.4) is 0 Å². The molecule has 0 spiro atoms. The molecule has 1 unspecified atom stereocenters. The number of carbonyl (C=O) groups excluding carboxylic acids is 1. The van der Waals surface area contributed by atoms with Crippen LogP contribution in [0.4, 0.5) is 0 Å². The van der Waals surface area contributed by atoms with E-state index in [1.165, 1.54) is 0 Å². The SMILES string of the molecule is C=CCn1c(C(C)NC(=O)c2ccccc2OC)nc2ccccc21. The summed E-state index contributed by atoms with van der Waals surface area (Å²) in [6.45, 7) is 6.38. The quantitative estimate of drug-likeness (QED) is 0.699. The largest absolute Gasteiger partial charge is 0.496 e. The number of hydrogen-bond acceptors (Lipinski definition) is 3. The van der Waals surface area contributed by atoms with Crippen molar-refractivity contribution in [3.05, 3.63) is 72.6 Å². The Hall–Kier alpha value is -3.08. The van der Waals surface area contributed by atoms with Gasteiger partial charge in [-0.2, -0.15) is 0 Å². The van der Waals surface area contributed by atoms with Crippen molar-refractivity contribution < 1.29 is 9.53 Å². The molecule has 1 aromatic heterocycles. The third kappa shape index (κ3) is 3.26. The normalized spacial score (nSPS) is 11.9. The molecule has 0 aliphatic heterocycles. The molecule has 0 saturated heterocycles. The van der Waals surface area contributed by atoms with Crippen LogP contribution in [0.2, 0.25) is 0 Å². The highest BCUT2D eigenvalue weighted by Gasteiger charge is 2.20. The monoisotopic (exact) mass is 335 g/mol. The van der Waals surface area contributed by atoms with E-state index in [9.17, 15) is 4.79 Å². The van der Waals surface area contributed by atoms with E-state index in [-0.39, 0.29) is 11.9 Å². The zero-order chi connectivity index (χ0) is 17.8. The lowest BCUT2D eigenvalue weighted by molar-refractivity contribution is 0.0934. The predicted octanol–water partition coefficient (Wildman–Crippen LogP) is 3.72. The molecular formula is C20H21N3O2. The number of rotatable bonds is 6. The van der Waals surface area contributed by atoms with Gasteiger partial charge in [0.25, 0.3) is 5.91 Å². The number of carbonyl (C=O) groups is 1. The molecule has 2 aromatic carbocycles. The predicted molar refractivity (Wildman–Crippen MR) is 98.8 cm³/mol. The Labute approximate surface area is 146 Å². The number of hydrogen-bond donors (Lipinski definition) is 1. The van der Waals surface area contributed by atoms with Crippen molar-refractivity contribution in [2.24, 2.45) is 0 Å². The van der Waals surface area contributed by atoms with Gasteiger partial charge in [0.2, 0.25) is 0 Å². The molecule has 0 saturated carbocycles. The number of imidazole rings is 1. The fourth-order valence-electron chi connectivity index (χ4n) is 2.92. The molecule has 25 heavy (non-hydrogen) atoms. The first-order valence-corrected chi connectivity index (χ1v) is 8.15. The Balaban J connectivity index is 1.92. The first-order chi connectivity index (χ1) is 12.2. The van der Waals surface area contributed by atoms with E-state index < -0.39 is 0 Å². The van der Waals surface area contributed by atoms with Crippen LogP contribution in [0.25, 0.3) is 11.0 Å². The third-order valence-corrected chi connectivity index (χ3v) is 4.08. The van der Waals surface area contributed by atoms with Crippen molar-refractivity contribution >= 4 is 16.9 Å². The molecule has 1 N–H and O–H groups in total. The molecule has 1 amide bonds. The second-order valence-electron chi connectivity index (χ2n) is 5.75. The second-order valence-corrected chi connectivity index (χ2v) is 5.75. The molecule has 0 bridgehead atoms. The van der Waals surface area contributed by atoms with E-state index in [0.29, 0.717) is 17.9 Å². The lowest BCUT2D eigenvalue weighted by Crippen LogP contribution is -2.29. The summed E-state index contributed by atoms with van der Waals surface area (Å²) in [6.07, 6.45) is 1.83. The number of allylic oxidation sites excluding steroid dienone is 1. The Kier molecular flexibility index (Phi) is 4.84. The topological polar surface area (TPSA) is 56.2 Å². The maximum atomic E-state index is 12.6. The van der Waals surface area contributed by atoms with Gasteiger partial charge in [0.1, 0.15) is 11.6 Å². The van der Waals surface area contributed by atoms with Crippen LogP contribution in [0.5, 0.6) is 5.75 Å². The maximum Gasteiger partial charge on any atom is 0.255 e. The van der Waals surface area contributed by atoms with E-state index in [0.717, 1.165) is 16.9 Å². The van der Waals surface area contributed by atoms with Crippen LogP contribution in [0, 0.1) is 0 Å². The molecule has 0 fully saturated rings. The Morgan fingerprint density at radius 3 is 2.76 bits per heavy atom. The standard InChI is InChI=1S/C20H21N3O2/c1-4-13-23-17-11-7-6-10-16(17)22-19(23)14(2)21-20(24)15-9-5-8-12-18(15)25-3/h4-12,14H,1,13H2,2-3H3,(H,21,24). The Morgan fingerprint density at radius 2 is 2.00 bits per heavy atom. The first-order valence-electron chi connectivity index (χ1n) is 8.15. The van der Waals surface area contributed by atoms with Crippen molar-refractivity contribution in [1.29, 1.82) is 0 Å². The summed E-state index contributed by atoms with van der Waals surface area (Å²) in [7, 11) is 1.55. The Morgan fingerprint density at radius 1 is 1.28 bits per heavy atom. The maximum absolute atomic E-state index is 12.6.